The SMILES string of the molecule is CC1CCOC1C(Br)c1ccc2c(c1)CC(=O)N2C. The zero-order valence-electron chi connectivity index (χ0n) is 11.2. The minimum absolute atomic E-state index is 0.170. The van der Waals surface area contributed by atoms with E-state index in [4.69, 9.17) is 4.74 Å². The molecule has 2 heterocycles. The normalized spacial score (nSPS) is 27.7. The summed E-state index contributed by atoms with van der Waals surface area (Å²) in [5, 5.41) is 0. The molecule has 2 aliphatic heterocycles. The number of carbonyl (C=O) groups excluding carboxylic acids is 1. The van der Waals surface area contributed by atoms with Gasteiger partial charge in [0.1, 0.15) is 0 Å². The van der Waals surface area contributed by atoms with Gasteiger partial charge in [-0.2, -0.15) is 0 Å². The molecular weight excluding hydrogens is 306 g/mol. The van der Waals surface area contributed by atoms with Crippen LogP contribution in [-0.4, -0.2) is 25.7 Å². The highest BCUT2D eigenvalue weighted by Crippen LogP contribution is 2.39. The van der Waals surface area contributed by atoms with Gasteiger partial charge in [-0.25, -0.2) is 0 Å². The molecule has 4 heteroatoms. The topological polar surface area (TPSA) is 29.5 Å². The average molecular weight is 324 g/mol. The fraction of sp³-hybridized carbons (Fsp3) is 0.533. The predicted octanol–water partition coefficient (Wildman–Crippen LogP) is 3.07. The number of alkyl halides is 1. The molecule has 0 saturated carbocycles. The molecule has 1 aromatic rings. The molecule has 0 aliphatic carbocycles. The Labute approximate surface area is 122 Å². The number of carbonyl (C=O) groups is 1. The van der Waals surface area contributed by atoms with Crippen LogP contribution in [0.1, 0.15) is 29.3 Å². The Morgan fingerprint density at radius 1 is 1.47 bits per heavy atom. The molecule has 3 rings (SSSR count). The lowest BCUT2D eigenvalue weighted by molar-refractivity contribution is -0.117. The molecule has 3 nitrogen and oxygen atoms in total. The van der Waals surface area contributed by atoms with Gasteiger partial charge >= 0.3 is 0 Å². The van der Waals surface area contributed by atoms with Crippen LogP contribution in [0.15, 0.2) is 18.2 Å². The van der Waals surface area contributed by atoms with Gasteiger partial charge in [-0.3, -0.25) is 4.79 Å². The molecule has 1 aromatic carbocycles. The quantitative estimate of drug-likeness (QED) is 0.783. The van der Waals surface area contributed by atoms with Crippen molar-refractivity contribution < 1.29 is 9.53 Å². The zero-order valence-corrected chi connectivity index (χ0v) is 12.8. The van der Waals surface area contributed by atoms with E-state index >= 15 is 0 Å². The summed E-state index contributed by atoms with van der Waals surface area (Å²) in [7, 11) is 1.83. The number of hydrogen-bond acceptors (Lipinski definition) is 2. The number of nitrogens with zero attached hydrogens (tertiary/aromatic N) is 1. The van der Waals surface area contributed by atoms with E-state index in [0.717, 1.165) is 24.3 Å². The van der Waals surface area contributed by atoms with Crippen molar-refractivity contribution in [1.82, 2.24) is 0 Å². The highest BCUT2D eigenvalue weighted by Gasteiger charge is 2.32. The smallest absolute Gasteiger partial charge is 0.231 e. The van der Waals surface area contributed by atoms with Crippen molar-refractivity contribution in [1.29, 1.82) is 0 Å². The van der Waals surface area contributed by atoms with Crippen LogP contribution < -0.4 is 4.90 Å². The fourth-order valence-corrected chi connectivity index (χ4v) is 3.90. The molecule has 2 aliphatic rings. The Kier molecular flexibility index (Phi) is 3.39. The maximum absolute atomic E-state index is 11.7. The summed E-state index contributed by atoms with van der Waals surface area (Å²) in [6.45, 7) is 3.08. The Balaban J connectivity index is 1.87. The molecule has 1 amide bonds. The van der Waals surface area contributed by atoms with Crippen molar-refractivity contribution in [2.45, 2.75) is 30.7 Å². The molecule has 3 unspecified atom stereocenters. The number of likely N-dealkylation sites (N-methyl/N-ethyl adjacent to an activating group) is 1. The van der Waals surface area contributed by atoms with E-state index in [1.807, 2.05) is 13.1 Å². The molecule has 19 heavy (non-hydrogen) atoms. The van der Waals surface area contributed by atoms with Gasteiger partial charge in [0.25, 0.3) is 0 Å². The molecule has 102 valence electrons. The van der Waals surface area contributed by atoms with Gasteiger partial charge in [0, 0.05) is 19.3 Å². The first kappa shape index (κ1) is 13.1. The van der Waals surface area contributed by atoms with Crippen LogP contribution in [0.25, 0.3) is 0 Å². The lowest BCUT2D eigenvalue weighted by Gasteiger charge is -2.22. The molecule has 0 bridgehead atoms. The van der Waals surface area contributed by atoms with E-state index in [0.29, 0.717) is 12.3 Å². The van der Waals surface area contributed by atoms with E-state index in [1.54, 1.807) is 4.90 Å². The minimum atomic E-state index is 0.170. The Bertz CT molecular complexity index is 517. The molecule has 0 aromatic heterocycles. The number of amides is 1. The number of ether oxygens (including phenoxy) is 1. The lowest BCUT2D eigenvalue weighted by atomic mass is 9.96. The van der Waals surface area contributed by atoms with Crippen molar-refractivity contribution >= 4 is 27.5 Å². The average Bonchev–Trinajstić information content (AvgIpc) is 2.93. The van der Waals surface area contributed by atoms with E-state index in [1.165, 1.54) is 5.56 Å². The van der Waals surface area contributed by atoms with E-state index in [-0.39, 0.29) is 16.8 Å². The number of benzene rings is 1. The Morgan fingerprint density at radius 3 is 2.95 bits per heavy atom. The largest absolute Gasteiger partial charge is 0.376 e. The van der Waals surface area contributed by atoms with E-state index in [9.17, 15) is 4.79 Å². The predicted molar refractivity (Wildman–Crippen MR) is 78.7 cm³/mol. The van der Waals surface area contributed by atoms with Crippen LogP contribution in [0, 0.1) is 5.92 Å². The summed E-state index contributed by atoms with van der Waals surface area (Å²) in [5.41, 5.74) is 3.37. The minimum Gasteiger partial charge on any atom is -0.376 e. The van der Waals surface area contributed by atoms with Crippen LogP contribution in [-0.2, 0) is 16.0 Å². The third-order valence-electron chi connectivity index (χ3n) is 4.23. The molecule has 3 atom stereocenters. The molecule has 0 spiro atoms. The van der Waals surface area contributed by atoms with Crippen molar-refractivity contribution in [2.75, 3.05) is 18.6 Å². The van der Waals surface area contributed by atoms with Gasteiger partial charge < -0.3 is 9.64 Å². The van der Waals surface area contributed by atoms with Gasteiger partial charge in [-0.1, -0.05) is 35.0 Å². The summed E-state index contributed by atoms with van der Waals surface area (Å²) in [5.74, 6) is 0.741. The van der Waals surface area contributed by atoms with Crippen molar-refractivity contribution in [3.8, 4) is 0 Å². The third-order valence-corrected chi connectivity index (χ3v) is 5.28. The van der Waals surface area contributed by atoms with Gasteiger partial charge in [-0.15, -0.1) is 0 Å². The fourth-order valence-electron chi connectivity index (χ4n) is 2.94. The number of rotatable bonds is 2. The van der Waals surface area contributed by atoms with Crippen molar-refractivity contribution in [3.05, 3.63) is 29.3 Å². The summed E-state index contributed by atoms with van der Waals surface area (Å²) in [4.78, 5) is 13.6. The van der Waals surface area contributed by atoms with Crippen molar-refractivity contribution in [2.24, 2.45) is 5.92 Å². The van der Waals surface area contributed by atoms with Gasteiger partial charge in [0.05, 0.1) is 17.4 Å². The first-order valence-electron chi connectivity index (χ1n) is 6.73. The van der Waals surface area contributed by atoms with Crippen molar-refractivity contribution in [3.63, 3.8) is 0 Å². The Hall–Kier alpha value is -0.870. The second kappa shape index (κ2) is 4.91. The van der Waals surface area contributed by atoms with E-state index in [2.05, 4.69) is 35.0 Å². The van der Waals surface area contributed by atoms with Gasteiger partial charge in [-0.05, 0) is 29.5 Å². The molecule has 1 saturated heterocycles. The number of hydrogen-bond donors (Lipinski definition) is 0. The number of halogens is 1. The number of anilines is 1. The Morgan fingerprint density at radius 2 is 2.26 bits per heavy atom. The summed E-state index contributed by atoms with van der Waals surface area (Å²) < 4.78 is 5.82. The van der Waals surface area contributed by atoms with E-state index < -0.39 is 0 Å². The third kappa shape index (κ3) is 2.21. The van der Waals surface area contributed by atoms with Crippen LogP contribution in [0.5, 0.6) is 0 Å². The molecule has 0 radical (unpaired) electrons. The molecule has 1 fully saturated rings. The van der Waals surface area contributed by atoms with Crippen LogP contribution in [0.2, 0.25) is 0 Å². The summed E-state index contributed by atoms with van der Waals surface area (Å²) in [6.07, 6.45) is 1.87. The second-order valence-electron chi connectivity index (χ2n) is 5.52. The monoisotopic (exact) mass is 323 g/mol. The maximum atomic E-state index is 11.7. The van der Waals surface area contributed by atoms with Crippen LogP contribution in [0.4, 0.5) is 5.69 Å². The van der Waals surface area contributed by atoms with Gasteiger partial charge in [0.15, 0.2) is 0 Å². The van der Waals surface area contributed by atoms with Gasteiger partial charge in [0.2, 0.25) is 5.91 Å². The van der Waals surface area contributed by atoms with Crippen LogP contribution >= 0.6 is 15.9 Å². The first-order chi connectivity index (χ1) is 9.08. The highest BCUT2D eigenvalue weighted by molar-refractivity contribution is 9.09. The number of fused-ring (bicyclic) bond motifs is 1. The second-order valence-corrected chi connectivity index (χ2v) is 6.51. The summed E-state index contributed by atoms with van der Waals surface area (Å²) >= 11 is 3.77. The lowest BCUT2D eigenvalue weighted by Crippen LogP contribution is -2.20. The maximum Gasteiger partial charge on any atom is 0.231 e. The first-order valence-corrected chi connectivity index (χ1v) is 7.64. The highest BCUT2D eigenvalue weighted by atomic mass is 79.9. The molecule has 0 N–H and O–H groups in total. The molecular formula is C15H18BrNO2. The zero-order chi connectivity index (χ0) is 13.6. The standard InChI is InChI=1S/C15H18BrNO2/c1-9-5-6-19-15(9)14(16)10-3-4-12-11(7-10)8-13(18)17(12)2/h3-4,7,9,14-15H,5-6,8H2,1-2H3. The summed E-state index contributed by atoms with van der Waals surface area (Å²) in [6, 6.07) is 6.29. The van der Waals surface area contributed by atoms with Crippen LogP contribution in [0.3, 0.4) is 0 Å².